The molecule has 0 aliphatic carbocycles. The molecule has 4 amide bonds. The van der Waals surface area contributed by atoms with E-state index in [0.717, 1.165) is 12.8 Å². The molecule has 2 aliphatic heterocycles. The molecule has 33 heavy (non-hydrogen) atoms. The van der Waals surface area contributed by atoms with Crippen molar-refractivity contribution >= 4 is 29.5 Å². The number of terminal acetylenes is 1. The quantitative estimate of drug-likeness (QED) is 0.309. The molecular formula is C23H24N6O4. The molecule has 2 fully saturated rings. The molecule has 2 saturated heterocycles. The normalized spacial score (nSPS) is 19.1. The van der Waals surface area contributed by atoms with Crippen LogP contribution in [0, 0.1) is 18.3 Å². The van der Waals surface area contributed by atoms with Crippen molar-refractivity contribution in [2.75, 3.05) is 29.4 Å². The van der Waals surface area contributed by atoms with Gasteiger partial charge in [-0.3, -0.25) is 14.8 Å². The number of carbonyl (C=O) groups excluding carboxylic acids is 3. The number of piperidine rings is 1. The summed E-state index contributed by atoms with van der Waals surface area (Å²) in [6.45, 7) is 3.63. The number of hydrogen-bond acceptors (Lipinski definition) is 7. The van der Waals surface area contributed by atoms with E-state index in [4.69, 9.17) is 11.6 Å². The van der Waals surface area contributed by atoms with Gasteiger partial charge < -0.3 is 9.80 Å². The predicted molar refractivity (Wildman–Crippen MR) is 120 cm³/mol. The lowest BCUT2D eigenvalue weighted by molar-refractivity contribution is -0.119. The van der Waals surface area contributed by atoms with Crippen LogP contribution in [0.4, 0.5) is 16.4 Å². The Morgan fingerprint density at radius 2 is 1.82 bits per heavy atom. The maximum atomic E-state index is 13.1. The number of anilines is 2. The lowest BCUT2D eigenvalue weighted by Crippen LogP contribution is -2.42. The number of aromatic nitrogens is 2. The highest BCUT2D eigenvalue weighted by molar-refractivity contribution is 6.21. The van der Waals surface area contributed by atoms with E-state index in [9.17, 15) is 14.4 Å². The van der Waals surface area contributed by atoms with Crippen LogP contribution in [-0.4, -0.2) is 63.6 Å². The second-order valence-electron chi connectivity index (χ2n) is 8.12. The first kappa shape index (κ1) is 22.2. The Labute approximate surface area is 191 Å². The molecule has 0 saturated carbocycles. The molecule has 10 nitrogen and oxygen atoms in total. The Morgan fingerprint density at radius 3 is 2.39 bits per heavy atom. The van der Waals surface area contributed by atoms with E-state index in [1.165, 1.54) is 17.3 Å². The molecule has 1 atom stereocenters. The van der Waals surface area contributed by atoms with E-state index >= 15 is 0 Å². The Kier molecular flexibility index (Phi) is 6.24. The highest BCUT2D eigenvalue weighted by Crippen LogP contribution is 2.29. The SMILES string of the molecule is C#Cc1ccc(N2C(=O)C(C)N(CC3CCN(c4ncc(C(=O)NO)cn4)CC3)C2=O)cc1. The molecule has 1 unspecified atom stereocenters. The molecule has 1 aromatic carbocycles. The van der Waals surface area contributed by atoms with Crippen LogP contribution >= 0.6 is 0 Å². The summed E-state index contributed by atoms with van der Waals surface area (Å²) in [7, 11) is 0. The molecule has 2 aromatic rings. The van der Waals surface area contributed by atoms with Gasteiger partial charge in [0.25, 0.3) is 11.8 Å². The van der Waals surface area contributed by atoms with Crippen LogP contribution in [-0.2, 0) is 4.79 Å². The van der Waals surface area contributed by atoms with Gasteiger partial charge in [0, 0.05) is 37.6 Å². The Balaban J connectivity index is 1.37. The third-order valence-electron chi connectivity index (χ3n) is 6.13. The summed E-state index contributed by atoms with van der Waals surface area (Å²) in [5.41, 5.74) is 2.92. The fourth-order valence-corrected chi connectivity index (χ4v) is 4.15. The van der Waals surface area contributed by atoms with E-state index in [1.807, 2.05) is 4.90 Å². The van der Waals surface area contributed by atoms with E-state index in [0.29, 0.717) is 36.8 Å². The van der Waals surface area contributed by atoms with Crippen LogP contribution in [0.5, 0.6) is 0 Å². The van der Waals surface area contributed by atoms with Crippen molar-refractivity contribution in [2.45, 2.75) is 25.8 Å². The molecule has 3 heterocycles. The zero-order valence-corrected chi connectivity index (χ0v) is 18.1. The molecule has 1 aromatic heterocycles. The summed E-state index contributed by atoms with van der Waals surface area (Å²) in [5, 5.41) is 8.68. The number of nitrogens with zero attached hydrogens (tertiary/aromatic N) is 5. The lowest BCUT2D eigenvalue weighted by Gasteiger charge is -2.34. The van der Waals surface area contributed by atoms with Crippen molar-refractivity contribution in [3.05, 3.63) is 47.8 Å². The van der Waals surface area contributed by atoms with Gasteiger partial charge in [-0.2, -0.15) is 0 Å². The third-order valence-corrected chi connectivity index (χ3v) is 6.13. The Bertz CT molecular complexity index is 1090. The number of urea groups is 1. The average Bonchev–Trinajstić information content (AvgIpc) is 3.07. The van der Waals surface area contributed by atoms with Gasteiger partial charge in [0.05, 0.1) is 11.3 Å². The van der Waals surface area contributed by atoms with Crippen LogP contribution in [0.15, 0.2) is 36.7 Å². The molecule has 0 bridgehead atoms. The van der Waals surface area contributed by atoms with E-state index < -0.39 is 11.9 Å². The number of imide groups is 1. The first-order chi connectivity index (χ1) is 15.9. The van der Waals surface area contributed by atoms with Gasteiger partial charge in [-0.05, 0) is 49.9 Å². The monoisotopic (exact) mass is 448 g/mol. The topological polar surface area (TPSA) is 119 Å². The third kappa shape index (κ3) is 4.36. The zero-order chi connectivity index (χ0) is 23.5. The van der Waals surface area contributed by atoms with Crippen molar-refractivity contribution in [2.24, 2.45) is 5.92 Å². The molecule has 10 heteroatoms. The molecule has 4 rings (SSSR count). The first-order valence-corrected chi connectivity index (χ1v) is 10.7. The molecule has 2 aliphatic rings. The van der Waals surface area contributed by atoms with Crippen LogP contribution < -0.4 is 15.3 Å². The van der Waals surface area contributed by atoms with Gasteiger partial charge in [-0.25, -0.2) is 25.1 Å². The lowest BCUT2D eigenvalue weighted by atomic mass is 9.96. The second-order valence-corrected chi connectivity index (χ2v) is 8.12. The number of carbonyl (C=O) groups is 3. The van der Waals surface area contributed by atoms with Gasteiger partial charge in [0.1, 0.15) is 6.04 Å². The summed E-state index contributed by atoms with van der Waals surface area (Å²) in [4.78, 5) is 50.6. The fraction of sp³-hybridized carbons (Fsp3) is 0.348. The van der Waals surface area contributed by atoms with Crippen molar-refractivity contribution < 1.29 is 19.6 Å². The zero-order valence-electron chi connectivity index (χ0n) is 18.1. The van der Waals surface area contributed by atoms with Gasteiger partial charge in [-0.1, -0.05) is 5.92 Å². The molecule has 2 N–H and O–H groups in total. The number of hydroxylamine groups is 1. The van der Waals surface area contributed by atoms with Gasteiger partial charge in [0.15, 0.2) is 0 Å². The number of nitrogens with one attached hydrogen (secondary N) is 1. The summed E-state index contributed by atoms with van der Waals surface area (Å²) in [5.74, 6) is 2.36. The maximum absolute atomic E-state index is 13.1. The van der Waals surface area contributed by atoms with Gasteiger partial charge in [0.2, 0.25) is 5.95 Å². The van der Waals surface area contributed by atoms with E-state index in [2.05, 4.69) is 15.9 Å². The van der Waals surface area contributed by atoms with Crippen LogP contribution in [0.1, 0.15) is 35.7 Å². The Morgan fingerprint density at radius 1 is 1.18 bits per heavy atom. The first-order valence-electron chi connectivity index (χ1n) is 10.7. The number of rotatable bonds is 5. The van der Waals surface area contributed by atoms with Crippen molar-refractivity contribution in [1.29, 1.82) is 0 Å². The summed E-state index contributed by atoms with van der Waals surface area (Å²) in [6.07, 6.45) is 9.73. The Hall–Kier alpha value is -3.97. The predicted octanol–water partition coefficient (Wildman–Crippen LogP) is 1.65. The van der Waals surface area contributed by atoms with Gasteiger partial charge >= 0.3 is 6.03 Å². The number of amides is 4. The smallest absolute Gasteiger partial charge is 0.332 e. The highest BCUT2D eigenvalue weighted by Gasteiger charge is 2.44. The summed E-state index contributed by atoms with van der Waals surface area (Å²) >= 11 is 0. The fourth-order valence-electron chi connectivity index (χ4n) is 4.15. The van der Waals surface area contributed by atoms with Crippen LogP contribution in [0.25, 0.3) is 0 Å². The minimum absolute atomic E-state index is 0.167. The summed E-state index contributed by atoms with van der Waals surface area (Å²) < 4.78 is 0. The average molecular weight is 448 g/mol. The minimum atomic E-state index is -0.666. The minimum Gasteiger partial charge on any atom is -0.341 e. The maximum Gasteiger partial charge on any atom is 0.332 e. The standard InChI is InChI=1S/C23H24N6O4/c1-3-16-4-6-19(7-5-16)29-21(31)15(2)28(23(29)32)14-17-8-10-27(11-9-17)22-24-12-18(13-25-22)20(30)26-33/h1,4-7,12-13,15,17,33H,8-11,14H2,2H3,(H,26,30). The molecule has 170 valence electrons. The van der Waals surface area contributed by atoms with Crippen molar-refractivity contribution in [3.8, 4) is 12.3 Å². The van der Waals surface area contributed by atoms with Crippen molar-refractivity contribution in [3.63, 3.8) is 0 Å². The highest BCUT2D eigenvalue weighted by atomic mass is 16.5. The van der Waals surface area contributed by atoms with E-state index in [-0.39, 0.29) is 23.4 Å². The van der Waals surface area contributed by atoms with Crippen molar-refractivity contribution in [1.82, 2.24) is 20.3 Å². The summed E-state index contributed by atoms with van der Waals surface area (Å²) in [6, 6.07) is 5.96. The van der Waals surface area contributed by atoms with Crippen LogP contribution in [0.3, 0.4) is 0 Å². The molecule has 0 spiro atoms. The molecular weight excluding hydrogens is 424 g/mol. The van der Waals surface area contributed by atoms with E-state index in [1.54, 1.807) is 41.6 Å². The largest absolute Gasteiger partial charge is 0.341 e. The van der Waals surface area contributed by atoms with Crippen LogP contribution in [0.2, 0.25) is 0 Å². The number of hydrogen-bond donors (Lipinski definition) is 2. The number of benzene rings is 1. The van der Waals surface area contributed by atoms with Gasteiger partial charge in [-0.15, -0.1) is 6.42 Å². The molecule has 0 radical (unpaired) electrons. The second kappa shape index (κ2) is 9.26.